The quantitative estimate of drug-likeness (QED) is 0.358. The maximum Gasteiger partial charge on any atom is 0.254 e. The van der Waals surface area contributed by atoms with Crippen LogP contribution in [0.5, 0.6) is 0 Å². The van der Waals surface area contributed by atoms with Gasteiger partial charge >= 0.3 is 0 Å². The van der Waals surface area contributed by atoms with Crippen molar-refractivity contribution in [3.8, 4) is 11.4 Å². The van der Waals surface area contributed by atoms with E-state index in [-0.39, 0.29) is 0 Å². The van der Waals surface area contributed by atoms with Crippen LogP contribution >= 0.6 is 0 Å². The van der Waals surface area contributed by atoms with E-state index in [1.54, 1.807) is 0 Å². The molecule has 3 aromatic rings. The predicted octanol–water partition coefficient (Wildman–Crippen LogP) is 7.64. The van der Waals surface area contributed by atoms with Crippen LogP contribution in [0.3, 0.4) is 0 Å². The average Bonchev–Trinajstić information content (AvgIpc) is 3.21. The predicted molar refractivity (Wildman–Crippen MR) is 128 cm³/mol. The molecule has 0 aliphatic heterocycles. The lowest BCUT2D eigenvalue weighted by Crippen LogP contribution is -2.32. The van der Waals surface area contributed by atoms with E-state index >= 15 is 0 Å². The largest absolute Gasteiger partial charge is 0.254 e. The highest BCUT2D eigenvalue weighted by molar-refractivity contribution is 5.51. The normalized spacial score (nSPS) is 12.9. The van der Waals surface area contributed by atoms with Crippen LogP contribution in [0, 0.1) is 0 Å². The highest BCUT2D eigenvalue weighted by atomic mass is 15.1. The molecule has 2 nitrogen and oxygen atoms in total. The van der Waals surface area contributed by atoms with Gasteiger partial charge in [0.15, 0.2) is 0 Å². The number of nitrogens with zero attached hydrogens (tertiary/aromatic N) is 2. The molecule has 0 amide bonds. The molecule has 0 fully saturated rings. The molecule has 1 atom stereocenters. The van der Waals surface area contributed by atoms with Crippen molar-refractivity contribution in [3.05, 3.63) is 77.4 Å². The van der Waals surface area contributed by atoms with Crippen molar-refractivity contribution in [2.45, 2.75) is 85.5 Å². The van der Waals surface area contributed by atoms with Gasteiger partial charge in [0.2, 0.25) is 0 Å². The van der Waals surface area contributed by atoms with Crippen molar-refractivity contribution in [2.75, 3.05) is 0 Å². The molecule has 0 saturated heterocycles. The second kappa shape index (κ2) is 9.20. The topological polar surface area (TPSA) is 8.81 Å². The molecule has 160 valence electrons. The van der Waals surface area contributed by atoms with Crippen molar-refractivity contribution >= 4 is 0 Å². The summed E-state index contributed by atoms with van der Waals surface area (Å²) in [7, 11) is 0. The minimum absolute atomic E-state index is 0.480. The summed E-state index contributed by atoms with van der Waals surface area (Å²) in [6, 6.07) is 13.6. The van der Waals surface area contributed by atoms with Crippen molar-refractivity contribution in [1.82, 2.24) is 4.57 Å². The fourth-order valence-corrected chi connectivity index (χ4v) is 4.39. The van der Waals surface area contributed by atoms with E-state index in [0.717, 1.165) is 6.42 Å². The van der Waals surface area contributed by atoms with Crippen LogP contribution in [0.15, 0.2) is 55.1 Å². The average molecular weight is 404 g/mol. The summed E-state index contributed by atoms with van der Waals surface area (Å²) in [5, 5.41) is 0. The molecule has 0 aliphatic rings. The van der Waals surface area contributed by atoms with Crippen LogP contribution in [-0.4, -0.2) is 4.57 Å². The molecule has 1 unspecified atom stereocenters. The van der Waals surface area contributed by atoms with Crippen LogP contribution in [0.2, 0.25) is 0 Å². The molecule has 0 radical (unpaired) electrons. The highest BCUT2D eigenvalue weighted by Gasteiger charge is 2.24. The van der Waals surface area contributed by atoms with Crippen molar-refractivity contribution < 1.29 is 4.57 Å². The van der Waals surface area contributed by atoms with Crippen molar-refractivity contribution in [1.29, 1.82) is 0 Å². The van der Waals surface area contributed by atoms with Gasteiger partial charge in [-0.3, -0.25) is 0 Å². The summed E-state index contributed by atoms with van der Waals surface area (Å²) < 4.78 is 4.68. The summed E-state index contributed by atoms with van der Waals surface area (Å²) >= 11 is 0. The second-order valence-electron chi connectivity index (χ2n) is 9.57. The first-order chi connectivity index (χ1) is 14.3. The minimum Gasteiger partial charge on any atom is -0.201 e. The van der Waals surface area contributed by atoms with Gasteiger partial charge in [0.25, 0.3) is 6.33 Å². The van der Waals surface area contributed by atoms with Gasteiger partial charge in [-0.15, -0.1) is 0 Å². The van der Waals surface area contributed by atoms with Gasteiger partial charge in [-0.05, 0) is 30.1 Å². The number of hydrogen-bond acceptors (Lipinski definition) is 0. The molecule has 1 heterocycles. The molecule has 0 N–H and O–H groups in total. The molecule has 2 aromatic carbocycles. The van der Waals surface area contributed by atoms with Gasteiger partial charge in [0.05, 0.1) is 0 Å². The van der Waals surface area contributed by atoms with Crippen molar-refractivity contribution in [3.63, 3.8) is 0 Å². The fraction of sp³-hybridized carbons (Fsp3) is 0.464. The fourth-order valence-electron chi connectivity index (χ4n) is 4.39. The zero-order valence-electron chi connectivity index (χ0n) is 20.1. The van der Waals surface area contributed by atoms with Crippen LogP contribution < -0.4 is 4.57 Å². The first-order valence-corrected chi connectivity index (χ1v) is 11.6. The van der Waals surface area contributed by atoms with Gasteiger partial charge in [-0.25, -0.2) is 9.13 Å². The van der Waals surface area contributed by atoms with E-state index < -0.39 is 0 Å². The van der Waals surface area contributed by atoms with Crippen LogP contribution in [0.25, 0.3) is 11.4 Å². The second-order valence-corrected chi connectivity index (χ2v) is 9.57. The number of para-hydroxylation sites is 2. The van der Waals surface area contributed by atoms with Crippen LogP contribution in [0.4, 0.5) is 0 Å². The molecular formula is C28H39N2+. The summed E-state index contributed by atoms with van der Waals surface area (Å²) in [6.07, 6.45) is 7.88. The van der Waals surface area contributed by atoms with Crippen LogP contribution in [-0.2, 0) is 0 Å². The SMILES string of the molecule is CCC(C)c1cccc(C(C)C)c1-[n+]1ccn(-c2c(C(C)C)cccc2C(C)C)c1. The number of imidazole rings is 1. The van der Waals surface area contributed by atoms with E-state index in [0.29, 0.717) is 23.7 Å². The molecule has 1 aromatic heterocycles. The van der Waals surface area contributed by atoms with E-state index in [9.17, 15) is 0 Å². The summed E-state index contributed by atoms with van der Waals surface area (Å²) in [5.74, 6) is 1.97. The van der Waals surface area contributed by atoms with Gasteiger partial charge in [0, 0.05) is 22.3 Å². The monoisotopic (exact) mass is 403 g/mol. The number of hydrogen-bond donors (Lipinski definition) is 0. The lowest BCUT2D eigenvalue weighted by Gasteiger charge is -2.18. The lowest BCUT2D eigenvalue weighted by atomic mass is 9.90. The van der Waals surface area contributed by atoms with E-state index in [4.69, 9.17) is 0 Å². The molecule has 0 bridgehead atoms. The summed E-state index contributed by atoms with van der Waals surface area (Å²) in [5.41, 5.74) is 8.36. The smallest absolute Gasteiger partial charge is 0.201 e. The maximum absolute atomic E-state index is 2.35. The molecule has 30 heavy (non-hydrogen) atoms. The summed E-state index contributed by atoms with van der Waals surface area (Å²) in [4.78, 5) is 0. The Hall–Kier alpha value is -2.35. The zero-order chi connectivity index (χ0) is 22.0. The van der Waals surface area contributed by atoms with Crippen molar-refractivity contribution in [2.24, 2.45) is 0 Å². The zero-order valence-corrected chi connectivity index (χ0v) is 20.1. The maximum atomic E-state index is 2.35. The van der Waals surface area contributed by atoms with E-state index in [1.807, 2.05) is 0 Å². The van der Waals surface area contributed by atoms with E-state index in [1.165, 1.54) is 33.6 Å². The minimum atomic E-state index is 0.480. The number of benzene rings is 2. The summed E-state index contributed by atoms with van der Waals surface area (Å²) in [6.45, 7) is 18.4. The number of aromatic nitrogens is 2. The Bertz CT molecular complexity index is 965. The lowest BCUT2D eigenvalue weighted by molar-refractivity contribution is -0.596. The standard InChI is InChI=1S/C28H39N2/c1-9-22(8)26-15-11-14-25(21(6)7)28(26)30-17-16-29(18-30)27-23(19(2)3)12-10-13-24(27)20(4)5/h10-22H,9H2,1-8H3/q+1. The third kappa shape index (κ3) is 4.24. The highest BCUT2D eigenvalue weighted by Crippen LogP contribution is 2.32. The Morgan fingerprint density at radius 1 is 0.733 bits per heavy atom. The van der Waals surface area contributed by atoms with Gasteiger partial charge in [0.1, 0.15) is 23.8 Å². The van der Waals surface area contributed by atoms with Crippen LogP contribution in [0.1, 0.15) is 108 Å². The third-order valence-electron chi connectivity index (χ3n) is 6.36. The van der Waals surface area contributed by atoms with Gasteiger partial charge in [-0.2, -0.15) is 0 Å². The molecule has 0 aliphatic carbocycles. The number of rotatable bonds is 7. The molecule has 2 heteroatoms. The first kappa shape index (κ1) is 22.3. The Morgan fingerprint density at radius 3 is 1.73 bits per heavy atom. The Morgan fingerprint density at radius 2 is 1.23 bits per heavy atom. The molecule has 0 spiro atoms. The first-order valence-electron chi connectivity index (χ1n) is 11.6. The molecular weight excluding hydrogens is 364 g/mol. The van der Waals surface area contributed by atoms with E-state index in [2.05, 4.69) is 120 Å². The molecule has 3 rings (SSSR count). The van der Waals surface area contributed by atoms with Gasteiger partial charge in [-0.1, -0.05) is 91.8 Å². The molecule has 0 saturated carbocycles. The Balaban J connectivity index is 2.23. The third-order valence-corrected chi connectivity index (χ3v) is 6.36. The Labute approximate surface area is 183 Å². The van der Waals surface area contributed by atoms with Gasteiger partial charge < -0.3 is 0 Å². The Kier molecular flexibility index (Phi) is 6.85.